The van der Waals surface area contributed by atoms with Crippen LogP contribution in [0.3, 0.4) is 0 Å². The third-order valence-electron chi connectivity index (χ3n) is 3.34. The molecule has 0 saturated carbocycles. The molecule has 0 spiro atoms. The topological polar surface area (TPSA) is 39.1 Å². The van der Waals surface area contributed by atoms with E-state index in [1.807, 2.05) is 12.4 Å². The molecule has 18 heavy (non-hydrogen) atoms. The minimum atomic E-state index is 0.261. The lowest BCUT2D eigenvalue weighted by Gasteiger charge is -2.26. The van der Waals surface area contributed by atoms with Gasteiger partial charge in [-0.25, -0.2) is 4.98 Å². The molecule has 4 nitrogen and oxygen atoms in total. The fourth-order valence-electron chi connectivity index (χ4n) is 2.38. The number of hydrogen-bond acceptors (Lipinski definition) is 3. The van der Waals surface area contributed by atoms with Crippen molar-refractivity contribution in [2.24, 2.45) is 0 Å². The molecule has 1 rings (SSSR count). The number of aromatic nitrogens is 2. The number of rotatable bonds is 9. The summed E-state index contributed by atoms with van der Waals surface area (Å²) in [7, 11) is 1.80. The number of likely N-dealkylation sites (N-methyl/N-ethyl adjacent to an activating group) is 1. The van der Waals surface area contributed by atoms with Gasteiger partial charge in [0.2, 0.25) is 0 Å². The van der Waals surface area contributed by atoms with Crippen LogP contribution in [0.5, 0.6) is 0 Å². The molecule has 0 amide bonds. The fraction of sp³-hybridized carbons (Fsp3) is 0.786. The molecule has 0 aromatic carbocycles. The minimum Gasteiger partial charge on any atom is -0.380 e. The molecule has 1 N–H and O–H groups in total. The summed E-state index contributed by atoms with van der Waals surface area (Å²) in [6, 6.07) is 0.340. The van der Waals surface area contributed by atoms with Crippen LogP contribution in [0.25, 0.3) is 0 Å². The number of ether oxygens (including phenoxy) is 1. The van der Waals surface area contributed by atoms with Gasteiger partial charge in [0, 0.05) is 38.5 Å². The normalized spacial score (nSPS) is 14.7. The molecule has 0 saturated heterocycles. The van der Waals surface area contributed by atoms with E-state index in [0.29, 0.717) is 6.04 Å². The Morgan fingerprint density at radius 3 is 2.72 bits per heavy atom. The highest BCUT2D eigenvalue weighted by molar-refractivity contribution is 4.97. The van der Waals surface area contributed by atoms with Crippen molar-refractivity contribution in [3.8, 4) is 0 Å². The number of nitrogens with one attached hydrogen (secondary N) is 1. The molecule has 2 atom stereocenters. The first-order valence-corrected chi connectivity index (χ1v) is 7.02. The summed E-state index contributed by atoms with van der Waals surface area (Å²) in [5.41, 5.74) is 0. The van der Waals surface area contributed by atoms with Crippen LogP contribution < -0.4 is 5.32 Å². The molecule has 104 valence electrons. The van der Waals surface area contributed by atoms with Gasteiger partial charge in [-0.1, -0.05) is 20.3 Å². The second-order valence-electron chi connectivity index (χ2n) is 4.56. The fourth-order valence-corrected chi connectivity index (χ4v) is 2.38. The third kappa shape index (κ3) is 4.10. The molecule has 0 aliphatic carbocycles. The van der Waals surface area contributed by atoms with Crippen LogP contribution >= 0.6 is 0 Å². The molecule has 0 radical (unpaired) electrons. The maximum Gasteiger partial charge on any atom is 0.110 e. The van der Waals surface area contributed by atoms with Crippen molar-refractivity contribution in [1.82, 2.24) is 14.9 Å². The first-order valence-electron chi connectivity index (χ1n) is 7.02. The van der Waals surface area contributed by atoms with Crippen molar-refractivity contribution in [1.29, 1.82) is 0 Å². The molecule has 4 heteroatoms. The van der Waals surface area contributed by atoms with Gasteiger partial charge in [-0.3, -0.25) is 0 Å². The summed E-state index contributed by atoms with van der Waals surface area (Å²) in [5, 5.41) is 3.53. The summed E-state index contributed by atoms with van der Waals surface area (Å²) in [4.78, 5) is 4.45. The minimum absolute atomic E-state index is 0.261. The van der Waals surface area contributed by atoms with Crippen LogP contribution in [-0.4, -0.2) is 35.4 Å². The number of nitrogens with zero attached hydrogens (tertiary/aromatic N) is 2. The second-order valence-corrected chi connectivity index (χ2v) is 4.56. The van der Waals surface area contributed by atoms with E-state index in [0.717, 1.165) is 38.2 Å². The average Bonchev–Trinajstić information content (AvgIpc) is 2.82. The third-order valence-corrected chi connectivity index (χ3v) is 3.34. The standard InChI is InChI=1S/C14H27N3O/c1-5-8-13(18-4)12(15-6-2)11-14-16-9-10-17(14)7-3/h9-10,12-13,15H,5-8,11H2,1-4H3. The van der Waals surface area contributed by atoms with Crippen LogP contribution in [0, 0.1) is 0 Å². The zero-order valence-electron chi connectivity index (χ0n) is 12.1. The van der Waals surface area contributed by atoms with Crippen LogP contribution in [0.2, 0.25) is 0 Å². The maximum absolute atomic E-state index is 5.63. The maximum atomic E-state index is 5.63. The predicted molar refractivity (Wildman–Crippen MR) is 74.8 cm³/mol. The summed E-state index contributed by atoms with van der Waals surface area (Å²) >= 11 is 0. The number of hydrogen-bond donors (Lipinski definition) is 1. The molecular weight excluding hydrogens is 226 g/mol. The number of aryl methyl sites for hydroxylation is 1. The zero-order chi connectivity index (χ0) is 13.4. The molecule has 1 aromatic rings. The summed E-state index contributed by atoms with van der Waals surface area (Å²) in [5.74, 6) is 1.14. The quantitative estimate of drug-likeness (QED) is 0.733. The molecule has 1 heterocycles. The first-order chi connectivity index (χ1) is 8.76. The summed E-state index contributed by atoms with van der Waals surface area (Å²) in [6.07, 6.45) is 7.33. The van der Waals surface area contributed by atoms with E-state index < -0.39 is 0 Å². The Balaban J connectivity index is 2.72. The average molecular weight is 253 g/mol. The molecule has 1 aromatic heterocycles. The lowest BCUT2D eigenvalue weighted by atomic mass is 10.0. The summed E-state index contributed by atoms with van der Waals surface area (Å²) < 4.78 is 7.83. The van der Waals surface area contributed by atoms with Gasteiger partial charge in [0.15, 0.2) is 0 Å². The Bertz CT molecular complexity index is 325. The smallest absolute Gasteiger partial charge is 0.110 e. The largest absolute Gasteiger partial charge is 0.380 e. The van der Waals surface area contributed by atoms with E-state index in [4.69, 9.17) is 4.74 Å². The van der Waals surface area contributed by atoms with Crippen molar-refractivity contribution < 1.29 is 4.74 Å². The Labute approximate surface area is 111 Å². The monoisotopic (exact) mass is 253 g/mol. The van der Waals surface area contributed by atoms with E-state index in [1.165, 1.54) is 0 Å². The first kappa shape index (κ1) is 15.2. The van der Waals surface area contributed by atoms with Crippen molar-refractivity contribution in [2.45, 2.75) is 58.7 Å². The molecule has 0 bridgehead atoms. The Kier molecular flexibility index (Phi) is 6.98. The van der Waals surface area contributed by atoms with Gasteiger partial charge in [-0.05, 0) is 19.9 Å². The SMILES string of the molecule is CCCC(OC)C(Cc1nccn1CC)NCC. The van der Waals surface area contributed by atoms with Gasteiger partial charge in [-0.15, -0.1) is 0 Å². The van der Waals surface area contributed by atoms with E-state index in [9.17, 15) is 0 Å². The van der Waals surface area contributed by atoms with Crippen molar-refractivity contribution in [3.05, 3.63) is 18.2 Å². The summed E-state index contributed by atoms with van der Waals surface area (Å²) in [6.45, 7) is 8.41. The predicted octanol–water partition coefficient (Wildman–Crippen LogP) is 2.24. The molecular formula is C14H27N3O. The van der Waals surface area contributed by atoms with Gasteiger partial charge >= 0.3 is 0 Å². The van der Waals surface area contributed by atoms with Crippen LogP contribution in [0.1, 0.15) is 39.4 Å². The van der Waals surface area contributed by atoms with E-state index in [1.54, 1.807) is 7.11 Å². The van der Waals surface area contributed by atoms with Gasteiger partial charge < -0.3 is 14.6 Å². The molecule has 0 fully saturated rings. The van der Waals surface area contributed by atoms with E-state index >= 15 is 0 Å². The van der Waals surface area contributed by atoms with Gasteiger partial charge in [0.05, 0.1) is 6.10 Å². The number of imidazole rings is 1. The molecule has 0 aliphatic rings. The highest BCUT2D eigenvalue weighted by atomic mass is 16.5. The number of methoxy groups -OCH3 is 1. The van der Waals surface area contributed by atoms with Crippen LogP contribution in [-0.2, 0) is 17.7 Å². The lowest BCUT2D eigenvalue weighted by Crippen LogP contribution is -2.43. The Hall–Kier alpha value is -0.870. The highest BCUT2D eigenvalue weighted by Crippen LogP contribution is 2.12. The van der Waals surface area contributed by atoms with Crippen molar-refractivity contribution in [3.63, 3.8) is 0 Å². The van der Waals surface area contributed by atoms with Crippen molar-refractivity contribution >= 4 is 0 Å². The lowest BCUT2D eigenvalue weighted by molar-refractivity contribution is 0.0605. The Morgan fingerprint density at radius 2 is 2.17 bits per heavy atom. The highest BCUT2D eigenvalue weighted by Gasteiger charge is 2.21. The Morgan fingerprint density at radius 1 is 1.39 bits per heavy atom. The van der Waals surface area contributed by atoms with Gasteiger partial charge in [0.25, 0.3) is 0 Å². The molecule has 2 unspecified atom stereocenters. The second kappa shape index (κ2) is 8.27. The van der Waals surface area contributed by atoms with Crippen molar-refractivity contribution in [2.75, 3.05) is 13.7 Å². The van der Waals surface area contributed by atoms with E-state index in [-0.39, 0.29) is 6.10 Å². The van der Waals surface area contributed by atoms with Crippen LogP contribution in [0.15, 0.2) is 12.4 Å². The molecule has 0 aliphatic heterocycles. The van der Waals surface area contributed by atoms with Gasteiger partial charge in [0.1, 0.15) is 5.82 Å². The zero-order valence-corrected chi connectivity index (χ0v) is 12.1. The van der Waals surface area contributed by atoms with Crippen LogP contribution in [0.4, 0.5) is 0 Å². The van der Waals surface area contributed by atoms with E-state index in [2.05, 4.69) is 35.6 Å². The van der Waals surface area contributed by atoms with Gasteiger partial charge in [-0.2, -0.15) is 0 Å².